The van der Waals surface area contributed by atoms with E-state index in [9.17, 15) is 9.90 Å². The van der Waals surface area contributed by atoms with Crippen LogP contribution in [-0.2, 0) is 21.7 Å². The maximum absolute atomic E-state index is 11.8. The molecular formula is C26H26ClNO4S. The van der Waals surface area contributed by atoms with Gasteiger partial charge in [-0.15, -0.1) is 11.8 Å². The fourth-order valence-corrected chi connectivity index (χ4v) is 4.00. The SMILES string of the molecule is COc1ccc(CCCCOC=C(C(=O)O)c2cccc(CSc3ccc(Cl)cc3)n2)cc1. The lowest BCUT2D eigenvalue weighted by atomic mass is 10.1. The molecule has 0 saturated carbocycles. The van der Waals surface area contributed by atoms with Gasteiger partial charge in [0.2, 0.25) is 0 Å². The molecule has 0 spiro atoms. The highest BCUT2D eigenvalue weighted by Crippen LogP contribution is 2.24. The van der Waals surface area contributed by atoms with Gasteiger partial charge in [0.1, 0.15) is 11.3 Å². The molecule has 7 heteroatoms. The fourth-order valence-electron chi connectivity index (χ4n) is 3.07. The van der Waals surface area contributed by atoms with Gasteiger partial charge in [0.25, 0.3) is 0 Å². The van der Waals surface area contributed by atoms with E-state index in [2.05, 4.69) is 4.98 Å². The summed E-state index contributed by atoms with van der Waals surface area (Å²) in [7, 11) is 1.65. The van der Waals surface area contributed by atoms with E-state index in [1.807, 2.05) is 60.7 Å². The van der Waals surface area contributed by atoms with Gasteiger partial charge in [0.05, 0.1) is 31.4 Å². The number of carbonyl (C=O) groups is 1. The molecule has 0 aliphatic heterocycles. The number of aliphatic carboxylic acids is 1. The average Bonchev–Trinajstić information content (AvgIpc) is 2.83. The van der Waals surface area contributed by atoms with Crippen LogP contribution in [0.15, 0.2) is 77.9 Å². The van der Waals surface area contributed by atoms with Crippen molar-refractivity contribution in [1.82, 2.24) is 4.98 Å². The van der Waals surface area contributed by atoms with Crippen molar-refractivity contribution < 1.29 is 19.4 Å². The Kier molecular flexibility index (Phi) is 9.66. The Labute approximate surface area is 203 Å². The number of thioether (sulfide) groups is 1. The molecule has 1 aromatic heterocycles. The summed E-state index contributed by atoms with van der Waals surface area (Å²) < 4.78 is 10.7. The topological polar surface area (TPSA) is 68.7 Å². The Morgan fingerprint density at radius 2 is 1.82 bits per heavy atom. The summed E-state index contributed by atoms with van der Waals surface area (Å²) in [5, 5.41) is 10.3. The minimum absolute atomic E-state index is 0.0449. The van der Waals surface area contributed by atoms with Gasteiger partial charge in [-0.2, -0.15) is 0 Å². The summed E-state index contributed by atoms with van der Waals surface area (Å²) in [6.07, 6.45) is 3.99. The quantitative estimate of drug-likeness (QED) is 0.137. The highest BCUT2D eigenvalue weighted by molar-refractivity contribution is 7.98. The maximum atomic E-state index is 11.8. The number of nitrogens with zero attached hydrogens (tertiary/aromatic N) is 1. The number of rotatable bonds is 12. The van der Waals surface area contributed by atoms with Crippen molar-refractivity contribution in [2.24, 2.45) is 0 Å². The van der Waals surface area contributed by atoms with Gasteiger partial charge in [-0.3, -0.25) is 4.98 Å². The first-order chi connectivity index (χ1) is 16.0. The van der Waals surface area contributed by atoms with Crippen LogP contribution in [-0.4, -0.2) is 29.8 Å². The Morgan fingerprint density at radius 3 is 2.52 bits per heavy atom. The average molecular weight is 484 g/mol. The molecular weight excluding hydrogens is 458 g/mol. The van der Waals surface area contributed by atoms with Crippen LogP contribution < -0.4 is 4.74 Å². The third kappa shape index (κ3) is 8.15. The Balaban J connectivity index is 1.50. The molecule has 0 atom stereocenters. The molecule has 0 fully saturated rings. The number of unbranched alkanes of at least 4 members (excludes halogenated alkanes) is 1. The minimum Gasteiger partial charge on any atom is -0.500 e. The van der Waals surface area contributed by atoms with Crippen LogP contribution >= 0.6 is 23.4 Å². The summed E-state index contributed by atoms with van der Waals surface area (Å²) in [5.41, 5.74) is 2.45. The molecule has 3 aromatic rings. The van der Waals surface area contributed by atoms with Crippen molar-refractivity contribution in [2.75, 3.05) is 13.7 Å². The van der Waals surface area contributed by atoms with Crippen molar-refractivity contribution >= 4 is 34.9 Å². The van der Waals surface area contributed by atoms with Crippen LogP contribution in [0, 0.1) is 0 Å². The van der Waals surface area contributed by atoms with Crippen LogP contribution in [0.4, 0.5) is 0 Å². The van der Waals surface area contributed by atoms with E-state index in [-0.39, 0.29) is 5.57 Å². The largest absolute Gasteiger partial charge is 0.500 e. The molecule has 3 rings (SSSR count). The standard InChI is InChI=1S/C26H26ClNO4S/c1-31-22-12-8-19(9-13-22)5-2-3-16-32-17-24(26(29)30)25-7-4-6-21(28-25)18-33-23-14-10-20(27)11-15-23/h4,6-15,17H,2-3,5,16,18H2,1H3,(H,29,30). The predicted molar refractivity (Wildman–Crippen MR) is 133 cm³/mol. The molecule has 0 aliphatic carbocycles. The Hall–Kier alpha value is -2.96. The number of carboxylic acid groups (broad SMARTS) is 1. The van der Waals surface area contributed by atoms with E-state index in [4.69, 9.17) is 21.1 Å². The Bertz CT molecular complexity index is 1070. The number of pyridine rings is 1. The van der Waals surface area contributed by atoms with Gasteiger partial charge in [-0.1, -0.05) is 29.8 Å². The number of hydrogen-bond donors (Lipinski definition) is 1. The summed E-state index contributed by atoms with van der Waals surface area (Å²) >= 11 is 7.53. The smallest absolute Gasteiger partial charge is 0.341 e. The number of aryl methyl sites for hydroxylation is 1. The predicted octanol–water partition coefficient (Wildman–Crippen LogP) is 6.50. The van der Waals surface area contributed by atoms with Crippen molar-refractivity contribution in [3.8, 4) is 5.75 Å². The van der Waals surface area contributed by atoms with Crippen LogP contribution in [0.3, 0.4) is 0 Å². The van der Waals surface area contributed by atoms with Gasteiger partial charge in [0, 0.05) is 15.7 Å². The van der Waals surface area contributed by atoms with Crippen molar-refractivity contribution in [2.45, 2.75) is 29.9 Å². The van der Waals surface area contributed by atoms with Crippen LogP contribution in [0.1, 0.15) is 29.8 Å². The van der Waals surface area contributed by atoms with Crippen LogP contribution in [0.2, 0.25) is 5.02 Å². The van der Waals surface area contributed by atoms with E-state index < -0.39 is 5.97 Å². The molecule has 1 heterocycles. The van der Waals surface area contributed by atoms with Gasteiger partial charge in [0.15, 0.2) is 0 Å². The fraction of sp³-hybridized carbons (Fsp3) is 0.231. The van der Waals surface area contributed by atoms with E-state index in [0.717, 1.165) is 35.6 Å². The second-order valence-corrected chi connectivity index (χ2v) is 8.75. The van der Waals surface area contributed by atoms with Crippen LogP contribution in [0.5, 0.6) is 5.75 Å². The molecule has 5 nitrogen and oxygen atoms in total. The molecule has 0 bridgehead atoms. The summed E-state index contributed by atoms with van der Waals surface area (Å²) in [5.74, 6) is 0.395. The lowest BCUT2D eigenvalue weighted by Crippen LogP contribution is -2.04. The third-order valence-electron chi connectivity index (χ3n) is 4.85. The van der Waals surface area contributed by atoms with E-state index in [1.54, 1.807) is 24.9 Å². The van der Waals surface area contributed by atoms with Gasteiger partial charge in [-0.25, -0.2) is 4.79 Å². The first kappa shape index (κ1) is 24.7. The molecule has 2 aromatic carbocycles. The van der Waals surface area contributed by atoms with Crippen LogP contribution in [0.25, 0.3) is 5.57 Å². The number of carboxylic acids is 1. The molecule has 0 radical (unpaired) electrons. The zero-order chi connectivity index (χ0) is 23.5. The van der Waals surface area contributed by atoms with Crippen molar-refractivity contribution in [1.29, 1.82) is 0 Å². The normalized spacial score (nSPS) is 11.3. The maximum Gasteiger partial charge on any atom is 0.341 e. The number of aromatic nitrogens is 1. The Morgan fingerprint density at radius 1 is 1.06 bits per heavy atom. The number of halogens is 1. The first-order valence-corrected chi connectivity index (χ1v) is 11.9. The molecule has 0 saturated heterocycles. The second-order valence-electron chi connectivity index (χ2n) is 7.27. The molecule has 172 valence electrons. The molecule has 0 unspecified atom stereocenters. The van der Waals surface area contributed by atoms with Crippen molar-refractivity contribution in [3.05, 3.63) is 95.0 Å². The third-order valence-corrected chi connectivity index (χ3v) is 6.15. The first-order valence-electron chi connectivity index (χ1n) is 10.6. The summed E-state index contributed by atoms with van der Waals surface area (Å²) in [6, 6.07) is 20.9. The zero-order valence-electron chi connectivity index (χ0n) is 18.4. The number of benzene rings is 2. The molecule has 0 aliphatic rings. The zero-order valence-corrected chi connectivity index (χ0v) is 19.9. The molecule has 0 amide bonds. The number of methoxy groups -OCH3 is 1. The van der Waals surface area contributed by atoms with E-state index >= 15 is 0 Å². The molecule has 33 heavy (non-hydrogen) atoms. The van der Waals surface area contributed by atoms with Gasteiger partial charge in [-0.05, 0) is 73.4 Å². The number of hydrogen-bond acceptors (Lipinski definition) is 5. The highest BCUT2D eigenvalue weighted by Gasteiger charge is 2.13. The van der Waals surface area contributed by atoms with Gasteiger partial charge < -0.3 is 14.6 Å². The van der Waals surface area contributed by atoms with Gasteiger partial charge >= 0.3 is 5.97 Å². The van der Waals surface area contributed by atoms with Crippen molar-refractivity contribution in [3.63, 3.8) is 0 Å². The molecule has 1 N–H and O–H groups in total. The monoisotopic (exact) mass is 483 g/mol. The van der Waals surface area contributed by atoms with E-state index in [1.165, 1.54) is 11.8 Å². The highest BCUT2D eigenvalue weighted by atomic mass is 35.5. The number of ether oxygens (including phenoxy) is 2. The lowest BCUT2D eigenvalue weighted by molar-refractivity contribution is -0.130. The second kappa shape index (κ2) is 12.9. The summed E-state index contributed by atoms with van der Waals surface area (Å²) in [6.45, 7) is 0.443. The van der Waals surface area contributed by atoms with E-state index in [0.29, 0.717) is 23.1 Å². The lowest BCUT2D eigenvalue weighted by Gasteiger charge is -2.07. The summed E-state index contributed by atoms with van der Waals surface area (Å²) in [4.78, 5) is 17.3. The minimum atomic E-state index is -1.07.